The fourth-order valence-electron chi connectivity index (χ4n) is 3.82. The predicted molar refractivity (Wildman–Crippen MR) is 109 cm³/mol. The van der Waals surface area contributed by atoms with Crippen molar-refractivity contribution in [3.63, 3.8) is 0 Å². The first kappa shape index (κ1) is 19.0. The molecular formula is C22H23N3O4. The predicted octanol–water partition coefficient (Wildman–Crippen LogP) is 3.13. The molecule has 3 aromatic rings. The van der Waals surface area contributed by atoms with Crippen molar-refractivity contribution in [3.8, 4) is 0 Å². The van der Waals surface area contributed by atoms with E-state index in [0.717, 1.165) is 17.4 Å². The van der Waals surface area contributed by atoms with Gasteiger partial charge in [-0.15, -0.1) is 0 Å². The second kappa shape index (κ2) is 7.60. The van der Waals surface area contributed by atoms with Gasteiger partial charge in [0.25, 0.3) is 11.7 Å². The molecule has 1 saturated heterocycles. The van der Waals surface area contributed by atoms with Crippen LogP contribution in [0.15, 0.2) is 58.8 Å². The van der Waals surface area contributed by atoms with Crippen molar-refractivity contribution < 1.29 is 19.1 Å². The molecule has 1 aliphatic heterocycles. The molecule has 0 saturated carbocycles. The van der Waals surface area contributed by atoms with Crippen molar-refractivity contribution >= 4 is 28.4 Å². The zero-order chi connectivity index (χ0) is 20.5. The van der Waals surface area contributed by atoms with E-state index in [1.807, 2.05) is 43.3 Å². The van der Waals surface area contributed by atoms with E-state index in [-0.39, 0.29) is 11.3 Å². The number of benzene rings is 1. The van der Waals surface area contributed by atoms with E-state index in [1.54, 1.807) is 18.3 Å². The van der Waals surface area contributed by atoms with Gasteiger partial charge in [0, 0.05) is 29.2 Å². The number of carbonyl (C=O) groups is 2. The van der Waals surface area contributed by atoms with Crippen LogP contribution < -0.4 is 0 Å². The maximum Gasteiger partial charge on any atom is 0.295 e. The summed E-state index contributed by atoms with van der Waals surface area (Å²) < 4.78 is 5.55. The van der Waals surface area contributed by atoms with E-state index >= 15 is 0 Å². The number of aromatic nitrogens is 1. The molecule has 0 spiro atoms. The summed E-state index contributed by atoms with van der Waals surface area (Å²) in [7, 11) is 3.91. The van der Waals surface area contributed by atoms with Gasteiger partial charge >= 0.3 is 0 Å². The van der Waals surface area contributed by atoms with Crippen LogP contribution in [0.5, 0.6) is 0 Å². The Balaban J connectivity index is 1.81. The number of furan rings is 1. The number of fused-ring (bicyclic) bond motifs is 1. The summed E-state index contributed by atoms with van der Waals surface area (Å²) in [5.41, 5.74) is 1.38. The molecule has 7 heteroatoms. The third-order valence-corrected chi connectivity index (χ3v) is 5.20. The summed E-state index contributed by atoms with van der Waals surface area (Å²) in [5, 5.41) is 11.9. The Morgan fingerprint density at radius 3 is 2.72 bits per heavy atom. The highest BCUT2D eigenvalue weighted by Crippen LogP contribution is 2.40. The number of aliphatic hydroxyl groups is 1. The topological polar surface area (TPSA) is 89.8 Å². The molecule has 1 atom stereocenters. The lowest BCUT2D eigenvalue weighted by Crippen LogP contribution is -2.32. The van der Waals surface area contributed by atoms with Crippen LogP contribution in [0, 0.1) is 0 Å². The Kier molecular flexibility index (Phi) is 4.98. The number of aliphatic hydroxyl groups excluding tert-OH is 1. The molecule has 2 N–H and O–H groups in total. The van der Waals surface area contributed by atoms with Crippen LogP contribution >= 0.6 is 0 Å². The first-order valence-electron chi connectivity index (χ1n) is 9.52. The highest BCUT2D eigenvalue weighted by Gasteiger charge is 2.47. The molecule has 1 unspecified atom stereocenters. The molecule has 1 aliphatic rings. The number of aromatic amines is 1. The van der Waals surface area contributed by atoms with E-state index in [0.29, 0.717) is 24.3 Å². The Morgan fingerprint density at radius 1 is 1.21 bits per heavy atom. The zero-order valence-electron chi connectivity index (χ0n) is 16.4. The lowest BCUT2D eigenvalue weighted by Gasteiger charge is -2.23. The standard InChI is InChI=1S/C22H23N3O4/c1-24(2)10-6-11-25-19(17-9-5-12-29-17)18(21(27)22(25)28)20(26)15-13-23-16-8-4-3-7-14(15)16/h3-5,7-9,12-13,19,23,26H,6,10-11H2,1-2H3. The molecule has 1 amide bonds. The monoisotopic (exact) mass is 393 g/mol. The highest BCUT2D eigenvalue weighted by atomic mass is 16.3. The maximum atomic E-state index is 12.9. The zero-order valence-corrected chi connectivity index (χ0v) is 16.4. The third kappa shape index (κ3) is 3.34. The second-order valence-corrected chi connectivity index (χ2v) is 7.41. The number of nitrogens with zero attached hydrogens (tertiary/aromatic N) is 2. The number of H-pyrrole nitrogens is 1. The Labute approximate surface area is 168 Å². The SMILES string of the molecule is CN(C)CCCN1C(=O)C(=O)C(=C(O)c2c[nH]c3ccccc23)C1c1ccco1. The van der Waals surface area contributed by atoms with E-state index in [2.05, 4.69) is 4.98 Å². The normalized spacial score (nSPS) is 19.0. The van der Waals surface area contributed by atoms with Gasteiger partial charge in [-0.05, 0) is 45.3 Å². The van der Waals surface area contributed by atoms with E-state index in [9.17, 15) is 14.7 Å². The Morgan fingerprint density at radius 2 is 2.00 bits per heavy atom. The molecular weight excluding hydrogens is 370 g/mol. The molecule has 150 valence electrons. The average molecular weight is 393 g/mol. The third-order valence-electron chi connectivity index (χ3n) is 5.20. The van der Waals surface area contributed by atoms with Crippen molar-refractivity contribution in [1.29, 1.82) is 0 Å². The fourth-order valence-corrected chi connectivity index (χ4v) is 3.82. The van der Waals surface area contributed by atoms with Crippen molar-refractivity contribution in [1.82, 2.24) is 14.8 Å². The van der Waals surface area contributed by atoms with Crippen LogP contribution in [-0.2, 0) is 9.59 Å². The van der Waals surface area contributed by atoms with Crippen molar-refractivity contribution in [2.24, 2.45) is 0 Å². The minimum atomic E-state index is -0.749. The van der Waals surface area contributed by atoms with Crippen LogP contribution in [0.25, 0.3) is 16.7 Å². The molecule has 1 aromatic carbocycles. The number of likely N-dealkylation sites (tertiary alicyclic amines) is 1. The highest BCUT2D eigenvalue weighted by molar-refractivity contribution is 6.46. The number of ketones is 1. The summed E-state index contributed by atoms with van der Waals surface area (Å²) >= 11 is 0. The summed E-state index contributed by atoms with van der Waals surface area (Å²) in [6.45, 7) is 1.16. The number of hydrogen-bond acceptors (Lipinski definition) is 5. The maximum absolute atomic E-state index is 12.9. The summed E-state index contributed by atoms with van der Waals surface area (Å²) in [4.78, 5) is 32.3. The van der Waals surface area contributed by atoms with Gasteiger partial charge in [-0.2, -0.15) is 0 Å². The Bertz CT molecular complexity index is 1080. The quantitative estimate of drug-likeness (QED) is 0.382. The van der Waals surface area contributed by atoms with Gasteiger partial charge in [0.05, 0.1) is 11.8 Å². The molecule has 7 nitrogen and oxygen atoms in total. The van der Waals surface area contributed by atoms with Gasteiger partial charge in [-0.25, -0.2) is 0 Å². The van der Waals surface area contributed by atoms with E-state index in [4.69, 9.17) is 4.42 Å². The van der Waals surface area contributed by atoms with E-state index < -0.39 is 17.7 Å². The molecule has 4 rings (SSSR count). The van der Waals surface area contributed by atoms with Crippen LogP contribution in [0.2, 0.25) is 0 Å². The van der Waals surface area contributed by atoms with Gasteiger partial charge in [-0.3, -0.25) is 9.59 Å². The van der Waals surface area contributed by atoms with Gasteiger partial charge in [0.15, 0.2) is 0 Å². The fraction of sp³-hybridized carbons (Fsp3) is 0.273. The van der Waals surface area contributed by atoms with Crippen molar-refractivity contribution in [3.05, 3.63) is 65.8 Å². The number of rotatable bonds is 6. The summed E-state index contributed by atoms with van der Waals surface area (Å²) in [6.07, 6.45) is 3.85. The van der Waals surface area contributed by atoms with Crippen LogP contribution in [0.4, 0.5) is 0 Å². The van der Waals surface area contributed by atoms with Crippen LogP contribution in [0.3, 0.4) is 0 Å². The minimum Gasteiger partial charge on any atom is -0.507 e. The molecule has 2 aromatic heterocycles. The first-order valence-corrected chi connectivity index (χ1v) is 9.52. The lowest BCUT2D eigenvalue weighted by molar-refractivity contribution is -0.140. The smallest absolute Gasteiger partial charge is 0.295 e. The number of hydrogen-bond donors (Lipinski definition) is 2. The number of Topliss-reactive ketones (excluding diaryl/α,β-unsaturated/α-hetero) is 1. The van der Waals surface area contributed by atoms with Crippen molar-refractivity contribution in [2.75, 3.05) is 27.2 Å². The molecule has 0 radical (unpaired) electrons. The van der Waals surface area contributed by atoms with Gasteiger partial charge in [0.2, 0.25) is 0 Å². The molecule has 0 bridgehead atoms. The molecule has 3 heterocycles. The first-order chi connectivity index (χ1) is 14.0. The van der Waals surface area contributed by atoms with Crippen LogP contribution in [0.1, 0.15) is 23.8 Å². The molecule has 0 aliphatic carbocycles. The van der Waals surface area contributed by atoms with Gasteiger partial charge < -0.3 is 24.3 Å². The number of amides is 1. The molecule has 29 heavy (non-hydrogen) atoms. The number of carbonyl (C=O) groups excluding carboxylic acids is 2. The Hall–Kier alpha value is -3.32. The number of para-hydroxylation sites is 1. The van der Waals surface area contributed by atoms with Gasteiger partial charge in [-0.1, -0.05) is 18.2 Å². The second-order valence-electron chi connectivity index (χ2n) is 7.41. The van der Waals surface area contributed by atoms with Crippen LogP contribution in [-0.4, -0.2) is 58.8 Å². The van der Waals surface area contributed by atoms with E-state index in [1.165, 1.54) is 11.2 Å². The summed E-state index contributed by atoms with van der Waals surface area (Å²) in [6, 6.07) is 10.2. The van der Waals surface area contributed by atoms with Gasteiger partial charge in [0.1, 0.15) is 17.6 Å². The lowest BCUT2D eigenvalue weighted by atomic mass is 9.99. The average Bonchev–Trinajstić information content (AvgIpc) is 3.42. The summed E-state index contributed by atoms with van der Waals surface area (Å²) in [5.74, 6) is -1.06. The number of nitrogens with one attached hydrogen (secondary N) is 1. The largest absolute Gasteiger partial charge is 0.507 e. The van der Waals surface area contributed by atoms with Crippen molar-refractivity contribution in [2.45, 2.75) is 12.5 Å². The minimum absolute atomic E-state index is 0.0551. The molecule has 1 fully saturated rings.